The minimum absolute atomic E-state index is 0. The first kappa shape index (κ1) is 11.2. The van der Waals surface area contributed by atoms with Crippen molar-refractivity contribution in [2.75, 3.05) is 0 Å². The maximum absolute atomic E-state index is 2.16. The summed E-state index contributed by atoms with van der Waals surface area (Å²) in [6.07, 6.45) is 1.03. The number of rotatable bonds is 2. The second-order valence-corrected chi connectivity index (χ2v) is 3.15. The Balaban J connectivity index is 0.000000980. The van der Waals surface area contributed by atoms with Crippen LogP contribution in [0.5, 0.6) is 0 Å². The first-order valence-electron chi connectivity index (χ1n) is 4.53. The molecule has 0 atom stereocenters. The second-order valence-electron chi connectivity index (χ2n) is 3.15. The van der Waals surface area contributed by atoms with Gasteiger partial charge in [-0.05, 0) is 17.5 Å². The van der Waals surface area contributed by atoms with Gasteiger partial charge in [-0.25, -0.2) is 0 Å². The summed E-state index contributed by atoms with van der Waals surface area (Å²) in [6, 6.07) is 21.1. The molecule has 0 aromatic heterocycles. The molecule has 0 aliphatic rings. The Hall–Kier alpha value is -0.846. The summed E-state index contributed by atoms with van der Waals surface area (Å²) in [5.41, 5.74) is 2.74. The van der Waals surface area contributed by atoms with Gasteiger partial charge in [0.25, 0.3) is 0 Å². The zero-order valence-corrected chi connectivity index (χ0v) is 9.54. The van der Waals surface area contributed by atoms with Crippen molar-refractivity contribution in [1.82, 2.24) is 0 Å². The summed E-state index contributed by atoms with van der Waals surface area (Å²) in [5, 5.41) is 0. The molecule has 2 aromatic rings. The third-order valence-corrected chi connectivity index (χ3v) is 2.09. The third kappa shape index (κ3) is 3.13. The molecule has 0 aliphatic carbocycles. The zero-order chi connectivity index (χ0) is 8.93. The van der Waals surface area contributed by atoms with E-state index in [2.05, 4.69) is 60.7 Å². The second kappa shape index (κ2) is 5.79. The molecular formula is C13H12Ti. The molecule has 0 spiro atoms. The first-order valence-corrected chi connectivity index (χ1v) is 4.53. The van der Waals surface area contributed by atoms with E-state index >= 15 is 0 Å². The molecule has 68 valence electrons. The fraction of sp³-hybridized carbons (Fsp3) is 0.0769. The average molecular weight is 216 g/mol. The van der Waals surface area contributed by atoms with Gasteiger partial charge in [-0.15, -0.1) is 0 Å². The Labute approximate surface area is 99.9 Å². The van der Waals surface area contributed by atoms with Crippen molar-refractivity contribution < 1.29 is 21.7 Å². The summed E-state index contributed by atoms with van der Waals surface area (Å²) in [4.78, 5) is 0. The SMILES string of the molecule is [Ti].c1ccc(Cc2ccccc2)cc1. The van der Waals surface area contributed by atoms with Crippen LogP contribution in [0.15, 0.2) is 60.7 Å². The van der Waals surface area contributed by atoms with Crippen LogP contribution in [0.1, 0.15) is 11.1 Å². The van der Waals surface area contributed by atoms with E-state index in [0.717, 1.165) is 6.42 Å². The molecule has 0 amide bonds. The molecule has 0 aliphatic heterocycles. The molecular weight excluding hydrogens is 204 g/mol. The Morgan fingerprint density at radius 2 is 0.929 bits per heavy atom. The van der Waals surface area contributed by atoms with Gasteiger partial charge in [0.2, 0.25) is 0 Å². The molecule has 0 unspecified atom stereocenters. The van der Waals surface area contributed by atoms with Crippen molar-refractivity contribution in [2.24, 2.45) is 0 Å². The normalized spacial score (nSPS) is 9.14. The van der Waals surface area contributed by atoms with E-state index in [-0.39, 0.29) is 21.7 Å². The van der Waals surface area contributed by atoms with E-state index in [1.165, 1.54) is 11.1 Å². The molecule has 14 heavy (non-hydrogen) atoms. The molecule has 0 N–H and O–H groups in total. The minimum Gasteiger partial charge on any atom is -0.0622 e. The molecule has 2 rings (SSSR count). The van der Waals surface area contributed by atoms with Gasteiger partial charge in [0.1, 0.15) is 0 Å². The van der Waals surface area contributed by atoms with Gasteiger partial charge < -0.3 is 0 Å². The smallest absolute Gasteiger partial charge is 0 e. The molecule has 0 fully saturated rings. The van der Waals surface area contributed by atoms with Crippen LogP contribution >= 0.6 is 0 Å². The minimum atomic E-state index is 0. The van der Waals surface area contributed by atoms with Gasteiger partial charge >= 0.3 is 0 Å². The predicted octanol–water partition coefficient (Wildman–Crippen LogP) is 3.27. The number of hydrogen-bond donors (Lipinski definition) is 0. The fourth-order valence-electron chi connectivity index (χ4n) is 1.43. The molecule has 0 bridgehead atoms. The first-order chi connectivity index (χ1) is 6.45. The largest absolute Gasteiger partial charge is 0.0622 e. The van der Waals surface area contributed by atoms with Crippen LogP contribution < -0.4 is 0 Å². The molecule has 2 aromatic carbocycles. The summed E-state index contributed by atoms with van der Waals surface area (Å²) in [7, 11) is 0. The number of benzene rings is 2. The van der Waals surface area contributed by atoms with Crippen molar-refractivity contribution >= 4 is 0 Å². The van der Waals surface area contributed by atoms with E-state index in [4.69, 9.17) is 0 Å². The summed E-state index contributed by atoms with van der Waals surface area (Å²) < 4.78 is 0. The van der Waals surface area contributed by atoms with Crippen molar-refractivity contribution in [1.29, 1.82) is 0 Å². The van der Waals surface area contributed by atoms with Crippen molar-refractivity contribution in [3.63, 3.8) is 0 Å². The third-order valence-electron chi connectivity index (χ3n) is 2.09. The molecule has 0 saturated heterocycles. The quantitative estimate of drug-likeness (QED) is 0.676. The van der Waals surface area contributed by atoms with Crippen molar-refractivity contribution in [2.45, 2.75) is 6.42 Å². The van der Waals surface area contributed by atoms with Crippen LogP contribution in [0.2, 0.25) is 0 Å². The van der Waals surface area contributed by atoms with E-state index in [1.54, 1.807) is 0 Å². The Bertz CT molecular complexity index is 316. The van der Waals surface area contributed by atoms with Gasteiger partial charge in [0, 0.05) is 21.7 Å². The van der Waals surface area contributed by atoms with Crippen LogP contribution in [0.3, 0.4) is 0 Å². The topological polar surface area (TPSA) is 0 Å². The Kier molecular flexibility index (Phi) is 4.65. The van der Waals surface area contributed by atoms with Crippen LogP contribution in [0.25, 0.3) is 0 Å². The van der Waals surface area contributed by atoms with Crippen molar-refractivity contribution in [3.05, 3.63) is 71.8 Å². The fourth-order valence-corrected chi connectivity index (χ4v) is 1.43. The van der Waals surface area contributed by atoms with E-state index in [9.17, 15) is 0 Å². The molecule has 1 heteroatoms. The maximum Gasteiger partial charge on any atom is 0 e. The zero-order valence-electron chi connectivity index (χ0n) is 7.98. The molecule has 0 radical (unpaired) electrons. The maximum atomic E-state index is 2.16. The van der Waals surface area contributed by atoms with Gasteiger partial charge in [0.15, 0.2) is 0 Å². The Morgan fingerprint density at radius 3 is 1.29 bits per heavy atom. The van der Waals surface area contributed by atoms with E-state index < -0.39 is 0 Å². The van der Waals surface area contributed by atoms with Crippen LogP contribution in [0, 0.1) is 0 Å². The molecule has 0 saturated carbocycles. The average Bonchev–Trinajstić information content (AvgIpc) is 2.21. The monoisotopic (exact) mass is 216 g/mol. The molecule has 0 heterocycles. The molecule has 0 nitrogen and oxygen atoms in total. The van der Waals surface area contributed by atoms with Gasteiger partial charge in [-0.1, -0.05) is 60.7 Å². The van der Waals surface area contributed by atoms with Crippen LogP contribution in [-0.4, -0.2) is 0 Å². The van der Waals surface area contributed by atoms with Gasteiger partial charge in [-0.3, -0.25) is 0 Å². The van der Waals surface area contributed by atoms with E-state index in [1.807, 2.05) is 0 Å². The van der Waals surface area contributed by atoms with Crippen LogP contribution in [-0.2, 0) is 28.1 Å². The van der Waals surface area contributed by atoms with Gasteiger partial charge in [-0.2, -0.15) is 0 Å². The summed E-state index contributed by atoms with van der Waals surface area (Å²) in [5.74, 6) is 0. The van der Waals surface area contributed by atoms with Gasteiger partial charge in [0.05, 0.1) is 0 Å². The summed E-state index contributed by atoms with van der Waals surface area (Å²) >= 11 is 0. The van der Waals surface area contributed by atoms with Crippen molar-refractivity contribution in [3.8, 4) is 0 Å². The predicted molar refractivity (Wildman–Crippen MR) is 55.7 cm³/mol. The van der Waals surface area contributed by atoms with E-state index in [0.29, 0.717) is 0 Å². The Morgan fingerprint density at radius 1 is 0.571 bits per heavy atom. The van der Waals surface area contributed by atoms with Crippen LogP contribution in [0.4, 0.5) is 0 Å². The standard InChI is InChI=1S/C13H12.Ti/c1-3-7-12(8-4-1)11-13-9-5-2-6-10-13;/h1-10H,11H2;. The summed E-state index contributed by atoms with van der Waals surface area (Å²) in [6.45, 7) is 0. The number of hydrogen-bond acceptors (Lipinski definition) is 0.